The van der Waals surface area contributed by atoms with E-state index in [0.717, 1.165) is 77.5 Å². The standard InChI is InChI=1S/C48H36N4S/c1-29-22-38(23-30(2)49-29)33-14-18-35(19-15-33)40-26-41(36-20-16-34(17-21-36)39-24-31(3)50-32(4)25-39)28-42(27-40)48-51-45(37-10-6-5-7-11-37)47-46(52-48)43-12-8-9-13-44(43)53-47/h5-28H,1-4H3. The van der Waals surface area contributed by atoms with Crippen LogP contribution in [0, 0.1) is 27.7 Å². The van der Waals surface area contributed by atoms with Gasteiger partial charge in [0.25, 0.3) is 0 Å². The molecule has 9 rings (SSSR count). The predicted octanol–water partition coefficient (Wildman–Crippen LogP) is 12.9. The van der Waals surface area contributed by atoms with E-state index in [1.54, 1.807) is 11.3 Å². The van der Waals surface area contributed by atoms with Crippen molar-refractivity contribution in [3.63, 3.8) is 0 Å². The number of hydrogen-bond acceptors (Lipinski definition) is 5. The Kier molecular flexibility index (Phi) is 8.21. The lowest BCUT2D eigenvalue weighted by Gasteiger charge is -2.13. The Bertz CT molecular complexity index is 2650. The summed E-state index contributed by atoms with van der Waals surface area (Å²) in [6, 6.07) is 52.0. The maximum absolute atomic E-state index is 5.33. The minimum absolute atomic E-state index is 0.710. The second-order valence-corrected chi connectivity index (χ2v) is 14.8. The second kappa shape index (κ2) is 13.4. The molecule has 4 nitrogen and oxygen atoms in total. The Hall–Kier alpha value is -6.30. The fourth-order valence-electron chi connectivity index (χ4n) is 7.31. The molecule has 4 aromatic heterocycles. The van der Waals surface area contributed by atoms with Crippen molar-refractivity contribution in [1.82, 2.24) is 19.9 Å². The number of hydrogen-bond donors (Lipinski definition) is 0. The van der Waals surface area contributed by atoms with Crippen LogP contribution in [0.25, 0.3) is 87.5 Å². The molecule has 0 spiro atoms. The third-order valence-corrected chi connectivity index (χ3v) is 10.9. The van der Waals surface area contributed by atoms with Crippen molar-refractivity contribution in [2.75, 3.05) is 0 Å². The Morgan fingerprint density at radius 1 is 0.358 bits per heavy atom. The van der Waals surface area contributed by atoms with Crippen LogP contribution in [-0.2, 0) is 0 Å². The molecule has 0 saturated carbocycles. The molecule has 0 aliphatic heterocycles. The first kappa shape index (κ1) is 32.6. The van der Waals surface area contributed by atoms with Crippen molar-refractivity contribution in [1.29, 1.82) is 0 Å². The molecule has 0 unspecified atom stereocenters. The molecule has 254 valence electrons. The molecule has 0 radical (unpaired) electrons. The molecule has 5 aromatic carbocycles. The molecule has 0 saturated heterocycles. The zero-order chi connectivity index (χ0) is 36.1. The number of pyridine rings is 2. The van der Waals surface area contributed by atoms with E-state index >= 15 is 0 Å². The van der Waals surface area contributed by atoms with Crippen LogP contribution in [-0.4, -0.2) is 19.9 Å². The highest BCUT2D eigenvalue weighted by Gasteiger charge is 2.18. The highest BCUT2D eigenvalue weighted by Crippen LogP contribution is 2.41. The van der Waals surface area contributed by atoms with Gasteiger partial charge in [0, 0.05) is 44.0 Å². The average Bonchev–Trinajstić information content (AvgIpc) is 3.56. The van der Waals surface area contributed by atoms with Gasteiger partial charge in [0.15, 0.2) is 5.82 Å². The van der Waals surface area contributed by atoms with Gasteiger partial charge < -0.3 is 0 Å². The van der Waals surface area contributed by atoms with E-state index in [9.17, 15) is 0 Å². The van der Waals surface area contributed by atoms with Gasteiger partial charge in [-0.05, 0) is 121 Å². The summed E-state index contributed by atoms with van der Waals surface area (Å²) in [6.07, 6.45) is 0. The minimum atomic E-state index is 0.710. The first-order valence-corrected chi connectivity index (χ1v) is 18.7. The number of aromatic nitrogens is 4. The summed E-state index contributed by atoms with van der Waals surface area (Å²) in [5.74, 6) is 0.710. The van der Waals surface area contributed by atoms with Crippen molar-refractivity contribution < 1.29 is 0 Å². The summed E-state index contributed by atoms with van der Waals surface area (Å²) in [6.45, 7) is 8.19. The van der Waals surface area contributed by atoms with Crippen LogP contribution in [0.2, 0.25) is 0 Å². The van der Waals surface area contributed by atoms with E-state index in [1.165, 1.54) is 27.0 Å². The number of aryl methyl sites for hydroxylation is 4. The molecule has 5 heteroatoms. The normalized spacial score (nSPS) is 11.4. The van der Waals surface area contributed by atoms with E-state index < -0.39 is 0 Å². The second-order valence-electron chi connectivity index (χ2n) is 13.8. The Morgan fingerprint density at radius 3 is 1.30 bits per heavy atom. The number of benzene rings is 5. The van der Waals surface area contributed by atoms with Crippen LogP contribution in [0.5, 0.6) is 0 Å². The summed E-state index contributed by atoms with van der Waals surface area (Å²) < 4.78 is 2.31. The zero-order valence-corrected chi connectivity index (χ0v) is 30.9. The molecule has 0 N–H and O–H groups in total. The van der Waals surface area contributed by atoms with Gasteiger partial charge in [0.05, 0.1) is 15.9 Å². The maximum Gasteiger partial charge on any atom is 0.160 e. The Labute approximate surface area is 313 Å². The van der Waals surface area contributed by atoms with E-state index in [-0.39, 0.29) is 0 Å². The van der Waals surface area contributed by atoms with Gasteiger partial charge in [0.1, 0.15) is 0 Å². The average molecular weight is 701 g/mol. The lowest BCUT2D eigenvalue weighted by molar-refractivity contribution is 1.12. The molecule has 4 heterocycles. The zero-order valence-electron chi connectivity index (χ0n) is 30.1. The van der Waals surface area contributed by atoms with Gasteiger partial charge in [-0.25, -0.2) is 9.97 Å². The van der Waals surface area contributed by atoms with E-state index in [4.69, 9.17) is 9.97 Å². The van der Waals surface area contributed by atoms with Crippen LogP contribution in [0.15, 0.2) is 146 Å². The largest absolute Gasteiger partial charge is 0.258 e. The number of nitrogens with zero attached hydrogens (tertiary/aromatic N) is 4. The molecule has 0 aliphatic rings. The van der Waals surface area contributed by atoms with Gasteiger partial charge in [-0.15, -0.1) is 11.3 Å². The van der Waals surface area contributed by atoms with E-state index in [1.807, 2.05) is 33.8 Å². The van der Waals surface area contributed by atoms with Crippen molar-refractivity contribution in [2.24, 2.45) is 0 Å². The summed E-state index contributed by atoms with van der Waals surface area (Å²) in [5.41, 5.74) is 17.2. The first-order valence-electron chi connectivity index (χ1n) is 17.9. The highest BCUT2D eigenvalue weighted by atomic mass is 32.1. The monoisotopic (exact) mass is 700 g/mol. The molecule has 0 aliphatic carbocycles. The third kappa shape index (κ3) is 6.41. The van der Waals surface area contributed by atoms with Crippen LogP contribution in [0.1, 0.15) is 22.8 Å². The number of thiophene rings is 1. The van der Waals surface area contributed by atoms with E-state index in [2.05, 4.69) is 149 Å². The Morgan fingerprint density at radius 2 is 0.792 bits per heavy atom. The van der Waals surface area contributed by atoms with Crippen molar-refractivity contribution >= 4 is 31.6 Å². The van der Waals surface area contributed by atoms with Gasteiger partial charge >= 0.3 is 0 Å². The fourth-order valence-corrected chi connectivity index (χ4v) is 8.47. The van der Waals surface area contributed by atoms with Crippen LogP contribution >= 0.6 is 11.3 Å². The summed E-state index contributed by atoms with van der Waals surface area (Å²) in [4.78, 5) is 19.8. The van der Waals surface area contributed by atoms with Gasteiger partial charge in [-0.3, -0.25) is 9.97 Å². The summed E-state index contributed by atoms with van der Waals surface area (Å²) >= 11 is 1.76. The highest BCUT2D eigenvalue weighted by molar-refractivity contribution is 7.26. The SMILES string of the molecule is Cc1cc(-c2ccc(-c3cc(-c4ccc(-c5cc(C)nc(C)c5)cc4)cc(-c4nc(-c5ccccc5)c5sc6ccccc6c5n4)c3)cc2)cc(C)n1. The topological polar surface area (TPSA) is 51.6 Å². The quantitative estimate of drug-likeness (QED) is 0.173. The number of fused-ring (bicyclic) bond motifs is 3. The Balaban J connectivity index is 1.22. The molecule has 0 bridgehead atoms. The molecule has 0 fully saturated rings. The predicted molar refractivity (Wildman–Crippen MR) is 222 cm³/mol. The van der Waals surface area contributed by atoms with E-state index in [0.29, 0.717) is 5.82 Å². The summed E-state index contributed by atoms with van der Waals surface area (Å²) in [7, 11) is 0. The fraction of sp³-hybridized carbons (Fsp3) is 0.0833. The lowest BCUT2D eigenvalue weighted by Crippen LogP contribution is -1.95. The van der Waals surface area contributed by atoms with Crippen LogP contribution in [0.4, 0.5) is 0 Å². The van der Waals surface area contributed by atoms with Crippen molar-refractivity contribution in [3.05, 3.63) is 168 Å². The molecule has 53 heavy (non-hydrogen) atoms. The minimum Gasteiger partial charge on any atom is -0.258 e. The van der Waals surface area contributed by atoms with Crippen LogP contribution in [0.3, 0.4) is 0 Å². The first-order chi connectivity index (χ1) is 25.8. The molecular formula is C48H36N4S. The summed E-state index contributed by atoms with van der Waals surface area (Å²) in [5, 5.41) is 1.15. The number of rotatable bonds is 6. The van der Waals surface area contributed by atoms with Gasteiger partial charge in [-0.2, -0.15) is 0 Å². The maximum atomic E-state index is 5.33. The third-order valence-electron chi connectivity index (χ3n) is 9.72. The molecule has 0 amide bonds. The molecular weight excluding hydrogens is 665 g/mol. The van der Waals surface area contributed by atoms with Crippen LogP contribution < -0.4 is 0 Å². The van der Waals surface area contributed by atoms with Gasteiger partial charge in [0.2, 0.25) is 0 Å². The molecule has 9 aromatic rings. The smallest absolute Gasteiger partial charge is 0.160 e. The lowest BCUT2D eigenvalue weighted by atomic mass is 9.93. The van der Waals surface area contributed by atoms with Gasteiger partial charge in [-0.1, -0.05) is 97.1 Å². The molecule has 0 atom stereocenters. The van der Waals surface area contributed by atoms with Crippen molar-refractivity contribution in [2.45, 2.75) is 27.7 Å². The van der Waals surface area contributed by atoms with Crippen molar-refractivity contribution in [3.8, 4) is 67.2 Å².